The maximum atomic E-state index is 13.3. The van der Waals surface area contributed by atoms with Crippen LogP contribution in [-0.2, 0) is 26.1 Å². The van der Waals surface area contributed by atoms with Crippen LogP contribution < -0.4 is 15.8 Å². The van der Waals surface area contributed by atoms with Crippen molar-refractivity contribution in [1.82, 2.24) is 19.2 Å². The van der Waals surface area contributed by atoms with Crippen molar-refractivity contribution in [3.63, 3.8) is 0 Å². The van der Waals surface area contributed by atoms with Crippen molar-refractivity contribution in [2.45, 2.75) is 32.2 Å². The number of hydrogen-bond acceptors (Lipinski definition) is 7. The Morgan fingerprint density at radius 3 is 2.61 bits per heavy atom. The summed E-state index contributed by atoms with van der Waals surface area (Å²) in [7, 11) is -3.87. The van der Waals surface area contributed by atoms with E-state index in [0.717, 1.165) is 19.6 Å². The third-order valence-electron chi connectivity index (χ3n) is 5.48. The molecule has 0 aromatic carbocycles. The van der Waals surface area contributed by atoms with Gasteiger partial charge in [-0.15, -0.1) is 11.3 Å². The zero-order valence-corrected chi connectivity index (χ0v) is 19.8. The summed E-state index contributed by atoms with van der Waals surface area (Å²) in [4.78, 5) is 32.0. The van der Waals surface area contributed by atoms with Crippen molar-refractivity contribution < 1.29 is 22.8 Å². The summed E-state index contributed by atoms with van der Waals surface area (Å²) in [6.45, 7) is 10.0. The Hall–Kier alpha value is -1.86. The van der Waals surface area contributed by atoms with Crippen LogP contribution in [0, 0.1) is 6.92 Å². The van der Waals surface area contributed by atoms with E-state index in [4.69, 9.17) is 4.74 Å². The number of carbonyl (C=O) groups is 1. The maximum absolute atomic E-state index is 13.3. The molecular weight excluding hydrogens is 442 g/mol. The van der Waals surface area contributed by atoms with Crippen molar-refractivity contribution in [1.29, 1.82) is 0 Å². The van der Waals surface area contributed by atoms with Crippen molar-refractivity contribution in [3.05, 3.63) is 21.6 Å². The molecule has 1 saturated heterocycles. The number of sulfonamides is 1. The summed E-state index contributed by atoms with van der Waals surface area (Å²) in [6.07, 6.45) is 1.31. The fourth-order valence-corrected chi connectivity index (χ4v) is 6.72. The van der Waals surface area contributed by atoms with Gasteiger partial charge in [-0.05, 0) is 20.8 Å². The second-order valence-electron chi connectivity index (χ2n) is 7.42. The Morgan fingerprint density at radius 1 is 1.29 bits per heavy atom. The highest BCUT2D eigenvalue weighted by Crippen LogP contribution is 2.33. The van der Waals surface area contributed by atoms with Gasteiger partial charge in [0, 0.05) is 18.0 Å². The zero-order valence-electron chi connectivity index (χ0n) is 18.1. The molecule has 10 nitrogen and oxygen atoms in total. The number of aromatic nitrogens is 2. The predicted molar refractivity (Wildman–Crippen MR) is 118 cm³/mol. The summed E-state index contributed by atoms with van der Waals surface area (Å²) < 4.78 is 34.3. The van der Waals surface area contributed by atoms with Crippen LogP contribution in [0.5, 0.6) is 0 Å². The quantitative estimate of drug-likeness (QED) is 0.475. The number of ether oxygens (including phenoxy) is 1. The first-order chi connectivity index (χ1) is 14.8. The van der Waals surface area contributed by atoms with Crippen LogP contribution in [-0.4, -0.2) is 80.7 Å². The van der Waals surface area contributed by atoms with Crippen LogP contribution in [0.3, 0.4) is 0 Å². The lowest BCUT2D eigenvalue weighted by atomic mass is 10.3. The van der Waals surface area contributed by atoms with Crippen molar-refractivity contribution >= 4 is 37.5 Å². The van der Waals surface area contributed by atoms with Gasteiger partial charge in [0.2, 0.25) is 15.9 Å². The number of thiophene rings is 1. The van der Waals surface area contributed by atoms with Gasteiger partial charge < -0.3 is 15.0 Å². The molecule has 3 heterocycles. The van der Waals surface area contributed by atoms with E-state index in [9.17, 15) is 18.0 Å². The molecule has 0 unspecified atom stereocenters. The van der Waals surface area contributed by atoms with Gasteiger partial charge in [0.15, 0.2) is 0 Å². The van der Waals surface area contributed by atoms with Crippen LogP contribution in [0.25, 0.3) is 10.2 Å². The van der Waals surface area contributed by atoms with E-state index < -0.39 is 15.6 Å². The maximum Gasteiger partial charge on any atom is 0.263 e. The molecule has 0 radical (unpaired) electrons. The van der Waals surface area contributed by atoms with E-state index in [-0.39, 0.29) is 35.8 Å². The van der Waals surface area contributed by atoms with Gasteiger partial charge in [0.1, 0.15) is 16.3 Å². The normalized spacial score (nSPS) is 15.6. The molecule has 3 rings (SSSR count). The zero-order chi connectivity index (χ0) is 22.6. The summed E-state index contributed by atoms with van der Waals surface area (Å²) in [5, 5.41) is 2.87. The van der Waals surface area contributed by atoms with Crippen molar-refractivity contribution in [2.75, 3.05) is 52.5 Å². The Kier molecular flexibility index (Phi) is 7.81. The number of rotatable bonds is 9. The average Bonchev–Trinajstić information content (AvgIpc) is 3.11. The fourth-order valence-electron chi connectivity index (χ4n) is 3.65. The molecule has 2 N–H and O–H groups in total. The van der Waals surface area contributed by atoms with Gasteiger partial charge in [-0.3, -0.25) is 14.2 Å². The van der Waals surface area contributed by atoms with Gasteiger partial charge in [-0.2, -0.15) is 4.31 Å². The minimum absolute atomic E-state index is 0.00760. The molecule has 1 aliphatic heterocycles. The molecule has 1 fully saturated rings. The molecular formula is C19H30N5O5S2+. The fraction of sp³-hybridized carbons (Fsp3) is 0.632. The molecule has 1 aliphatic rings. The summed E-state index contributed by atoms with van der Waals surface area (Å²) in [5.74, 6) is -0.306. The lowest BCUT2D eigenvalue weighted by molar-refractivity contribution is -0.895. The van der Waals surface area contributed by atoms with Crippen LogP contribution >= 0.6 is 11.3 Å². The molecule has 1 amide bonds. The van der Waals surface area contributed by atoms with Crippen LogP contribution in [0.1, 0.15) is 18.7 Å². The lowest BCUT2D eigenvalue weighted by Crippen LogP contribution is -3.12. The molecule has 0 spiro atoms. The number of hydrogen-bond donors (Lipinski definition) is 2. The van der Waals surface area contributed by atoms with E-state index in [1.165, 1.54) is 31.4 Å². The summed E-state index contributed by atoms with van der Waals surface area (Å²) >= 11 is 1.17. The standard InChI is InChI=1S/C19H29N5O5S2/c1-4-22(5-2)7-6-20-15(25)12-23-13-21-18-16(19(23)26)17(14(3)30-18)31(27,28)24-8-10-29-11-9-24/h13H,4-12H2,1-3H3,(H,20,25)/p+1. The lowest BCUT2D eigenvalue weighted by Gasteiger charge is -2.26. The van der Waals surface area contributed by atoms with Crippen molar-refractivity contribution in [3.8, 4) is 0 Å². The minimum atomic E-state index is -3.87. The smallest absolute Gasteiger partial charge is 0.263 e. The highest BCUT2D eigenvalue weighted by atomic mass is 32.2. The van der Waals surface area contributed by atoms with Gasteiger partial charge in [0.05, 0.1) is 51.1 Å². The highest BCUT2D eigenvalue weighted by Gasteiger charge is 2.32. The van der Waals surface area contributed by atoms with Gasteiger partial charge in [0.25, 0.3) is 5.56 Å². The largest absolute Gasteiger partial charge is 0.379 e. The van der Waals surface area contributed by atoms with E-state index in [1.807, 2.05) is 0 Å². The number of nitrogens with one attached hydrogen (secondary N) is 2. The van der Waals surface area contributed by atoms with Gasteiger partial charge in [-0.25, -0.2) is 13.4 Å². The Balaban J connectivity index is 1.85. The average molecular weight is 473 g/mol. The SMILES string of the molecule is CC[NH+](CC)CCNC(=O)Cn1cnc2sc(C)c(S(=O)(=O)N3CCOCC3)c2c1=O. The van der Waals surface area contributed by atoms with Crippen LogP contribution in [0.4, 0.5) is 0 Å². The van der Waals surface area contributed by atoms with E-state index in [2.05, 4.69) is 24.1 Å². The van der Waals surface area contributed by atoms with E-state index in [0.29, 0.717) is 29.5 Å². The number of nitrogens with zero attached hydrogens (tertiary/aromatic N) is 3. The highest BCUT2D eigenvalue weighted by molar-refractivity contribution is 7.89. The molecule has 2 aromatic heterocycles. The predicted octanol–water partition coefficient (Wildman–Crippen LogP) is -1.17. The Bertz CT molecular complexity index is 1090. The minimum Gasteiger partial charge on any atom is -0.379 e. The molecule has 2 aromatic rings. The third kappa shape index (κ3) is 5.14. The molecule has 172 valence electrons. The molecule has 0 saturated carbocycles. The number of fused-ring (bicyclic) bond motifs is 1. The number of amides is 1. The topological polar surface area (TPSA) is 115 Å². The second kappa shape index (κ2) is 10.2. The third-order valence-corrected chi connectivity index (χ3v) is 8.70. The Morgan fingerprint density at radius 2 is 1.97 bits per heavy atom. The molecule has 12 heteroatoms. The van der Waals surface area contributed by atoms with Gasteiger partial charge in [-0.1, -0.05) is 0 Å². The number of likely N-dealkylation sites (N-methyl/N-ethyl adjacent to an activating group) is 1. The van der Waals surface area contributed by atoms with Crippen LogP contribution in [0.2, 0.25) is 0 Å². The molecule has 0 atom stereocenters. The number of quaternary nitrogens is 1. The summed E-state index contributed by atoms with van der Waals surface area (Å²) in [5.41, 5.74) is -0.522. The van der Waals surface area contributed by atoms with E-state index >= 15 is 0 Å². The molecule has 0 aliphatic carbocycles. The second-order valence-corrected chi connectivity index (χ2v) is 10.5. The van der Waals surface area contributed by atoms with Gasteiger partial charge >= 0.3 is 0 Å². The Labute approximate surface area is 185 Å². The number of carbonyl (C=O) groups excluding carboxylic acids is 1. The first-order valence-corrected chi connectivity index (χ1v) is 12.7. The molecule has 0 bridgehead atoms. The summed E-state index contributed by atoms with van der Waals surface area (Å²) in [6, 6.07) is 0. The number of aryl methyl sites for hydroxylation is 1. The van der Waals surface area contributed by atoms with Crippen molar-refractivity contribution in [2.24, 2.45) is 0 Å². The van der Waals surface area contributed by atoms with E-state index in [1.54, 1.807) is 6.92 Å². The van der Waals surface area contributed by atoms with Crippen LogP contribution in [0.15, 0.2) is 16.0 Å². The first kappa shape index (κ1) is 23.8. The monoisotopic (exact) mass is 472 g/mol. The number of morpholine rings is 1. The first-order valence-electron chi connectivity index (χ1n) is 10.5. The molecule has 31 heavy (non-hydrogen) atoms.